The van der Waals surface area contributed by atoms with Crippen LogP contribution in [0.25, 0.3) is 0 Å². The fourth-order valence-electron chi connectivity index (χ4n) is 3.08. The molecule has 1 aliphatic heterocycles. The zero-order valence-electron chi connectivity index (χ0n) is 13.5. The maximum atomic E-state index is 13.2. The zero-order valence-corrected chi connectivity index (χ0v) is 14.2. The topological polar surface area (TPSA) is 59.8 Å². The predicted molar refractivity (Wildman–Crippen MR) is 96.7 cm³/mol. The Hall–Kier alpha value is -2.92. The molecule has 0 amide bonds. The van der Waals surface area contributed by atoms with Gasteiger partial charge in [0, 0.05) is 21.9 Å². The van der Waals surface area contributed by atoms with Gasteiger partial charge < -0.3 is 5.32 Å². The number of rotatable bonds is 3. The van der Waals surface area contributed by atoms with E-state index in [1.54, 1.807) is 4.68 Å². The summed E-state index contributed by atoms with van der Waals surface area (Å²) in [7, 11) is 0. The minimum atomic E-state index is -0.358. The van der Waals surface area contributed by atoms with Gasteiger partial charge in [0.2, 0.25) is 5.95 Å². The van der Waals surface area contributed by atoms with Gasteiger partial charge in [-0.1, -0.05) is 54.1 Å². The van der Waals surface area contributed by atoms with Crippen LogP contribution in [0.3, 0.4) is 0 Å². The lowest BCUT2D eigenvalue weighted by Crippen LogP contribution is -2.28. The first-order chi connectivity index (χ1) is 12.1. The normalized spacial score (nSPS) is 16.3. The van der Waals surface area contributed by atoms with Crippen molar-refractivity contribution in [1.29, 1.82) is 0 Å². The molecule has 0 radical (unpaired) electrons. The number of allylic oxidation sites excluding steroid dienone is 2. The Labute approximate surface area is 150 Å². The molecular formula is C19H15ClN4O. The molecule has 0 spiro atoms. The number of Topliss-reactive ketones (excluding diaryl/α,β-unsaturated/α-hetero) is 1. The Morgan fingerprint density at radius 3 is 2.56 bits per heavy atom. The van der Waals surface area contributed by atoms with Crippen LogP contribution in [0.2, 0.25) is 5.02 Å². The number of hydrogen-bond acceptors (Lipinski definition) is 4. The van der Waals surface area contributed by atoms with Crippen LogP contribution in [0, 0.1) is 0 Å². The monoisotopic (exact) mass is 350 g/mol. The average molecular weight is 351 g/mol. The first-order valence-corrected chi connectivity index (χ1v) is 8.25. The molecule has 2 aromatic carbocycles. The third kappa shape index (κ3) is 2.72. The predicted octanol–water partition coefficient (Wildman–Crippen LogP) is 4.10. The Balaban J connectivity index is 1.87. The van der Waals surface area contributed by atoms with Crippen LogP contribution in [-0.2, 0) is 0 Å². The number of halogens is 1. The third-order valence-electron chi connectivity index (χ3n) is 4.26. The van der Waals surface area contributed by atoms with Crippen LogP contribution >= 0.6 is 11.6 Å². The Bertz CT molecular complexity index is 961. The van der Waals surface area contributed by atoms with Crippen molar-refractivity contribution in [2.75, 3.05) is 5.32 Å². The largest absolute Gasteiger partial charge is 0.328 e. The van der Waals surface area contributed by atoms with Crippen molar-refractivity contribution in [3.05, 3.63) is 88.3 Å². The standard InChI is InChI=1S/C19H15ClN4O/c1-12-16(18(25)14-5-3-2-4-6-14)17(13-7-9-15(20)10-8-13)24-19(23-12)21-11-22-24/h2-11,17H,1H3,(H,21,22,23)/t17-/m0/s1. The SMILES string of the molecule is CC1=C(C(=O)c2ccccc2)[C@H](c2ccc(Cl)cc2)n2ncnc2N1. The molecule has 1 aromatic heterocycles. The highest BCUT2D eigenvalue weighted by Crippen LogP contribution is 2.36. The second kappa shape index (κ2) is 6.18. The van der Waals surface area contributed by atoms with Crippen molar-refractivity contribution in [3.8, 4) is 0 Å². The number of carbonyl (C=O) groups excluding carboxylic acids is 1. The van der Waals surface area contributed by atoms with Gasteiger partial charge in [-0.2, -0.15) is 10.1 Å². The van der Waals surface area contributed by atoms with Crippen LogP contribution in [-0.4, -0.2) is 20.5 Å². The molecule has 0 saturated heterocycles. The van der Waals surface area contributed by atoms with E-state index in [9.17, 15) is 4.79 Å². The van der Waals surface area contributed by atoms with E-state index in [4.69, 9.17) is 11.6 Å². The summed E-state index contributed by atoms with van der Waals surface area (Å²) in [6.07, 6.45) is 1.48. The molecule has 6 heteroatoms. The quantitative estimate of drug-likeness (QED) is 0.722. The van der Waals surface area contributed by atoms with Gasteiger partial charge in [-0.15, -0.1) is 0 Å². The third-order valence-corrected chi connectivity index (χ3v) is 4.51. The lowest BCUT2D eigenvalue weighted by atomic mass is 9.90. The number of fused-ring (bicyclic) bond motifs is 1. The van der Waals surface area contributed by atoms with Crippen LogP contribution in [0.15, 0.2) is 72.2 Å². The number of carbonyl (C=O) groups is 1. The fraction of sp³-hybridized carbons (Fsp3) is 0.105. The van der Waals surface area contributed by atoms with Gasteiger partial charge in [-0.25, -0.2) is 4.68 Å². The summed E-state index contributed by atoms with van der Waals surface area (Å²) in [4.78, 5) is 17.4. The van der Waals surface area contributed by atoms with E-state index in [0.717, 1.165) is 11.3 Å². The summed E-state index contributed by atoms with van der Waals surface area (Å²) in [5.74, 6) is 0.578. The van der Waals surface area contributed by atoms with E-state index in [2.05, 4.69) is 15.4 Å². The highest BCUT2D eigenvalue weighted by molar-refractivity contribution is 6.30. The molecule has 5 nitrogen and oxygen atoms in total. The highest BCUT2D eigenvalue weighted by atomic mass is 35.5. The molecule has 0 bridgehead atoms. The summed E-state index contributed by atoms with van der Waals surface area (Å²) in [6, 6.07) is 16.3. The van der Waals surface area contributed by atoms with E-state index in [1.165, 1.54) is 6.33 Å². The van der Waals surface area contributed by atoms with Gasteiger partial charge in [0.05, 0.1) is 0 Å². The molecule has 0 saturated carbocycles. The van der Waals surface area contributed by atoms with E-state index in [-0.39, 0.29) is 11.8 Å². The maximum Gasteiger partial charge on any atom is 0.226 e. The molecule has 1 N–H and O–H groups in total. The first-order valence-electron chi connectivity index (χ1n) is 7.87. The minimum absolute atomic E-state index is 0.0355. The molecule has 0 fully saturated rings. The lowest BCUT2D eigenvalue weighted by Gasteiger charge is -2.28. The molecule has 1 atom stereocenters. The van der Waals surface area contributed by atoms with Crippen LogP contribution in [0.1, 0.15) is 28.9 Å². The summed E-state index contributed by atoms with van der Waals surface area (Å²) in [5, 5.41) is 8.14. The number of nitrogens with one attached hydrogen (secondary N) is 1. The number of ketones is 1. The number of aromatic nitrogens is 3. The first kappa shape index (κ1) is 15.6. The van der Waals surface area contributed by atoms with Crippen molar-refractivity contribution in [1.82, 2.24) is 14.8 Å². The second-order valence-corrected chi connectivity index (χ2v) is 6.28. The lowest BCUT2D eigenvalue weighted by molar-refractivity contribution is 0.102. The van der Waals surface area contributed by atoms with Gasteiger partial charge >= 0.3 is 0 Å². The summed E-state index contributed by atoms with van der Waals surface area (Å²) in [6.45, 7) is 1.89. The molecule has 2 heterocycles. The number of anilines is 1. The van der Waals surface area contributed by atoms with Gasteiger partial charge in [-0.3, -0.25) is 4.79 Å². The molecule has 25 heavy (non-hydrogen) atoms. The number of hydrogen-bond donors (Lipinski definition) is 1. The molecule has 0 unspecified atom stereocenters. The van der Waals surface area contributed by atoms with Gasteiger partial charge in [0.25, 0.3) is 0 Å². The highest BCUT2D eigenvalue weighted by Gasteiger charge is 2.33. The second-order valence-electron chi connectivity index (χ2n) is 5.84. The smallest absolute Gasteiger partial charge is 0.226 e. The van der Waals surface area contributed by atoms with Crippen molar-refractivity contribution in [2.24, 2.45) is 0 Å². The van der Waals surface area contributed by atoms with Gasteiger partial charge in [0.1, 0.15) is 12.4 Å². The van der Waals surface area contributed by atoms with Crippen molar-refractivity contribution in [3.63, 3.8) is 0 Å². The molecule has 3 aromatic rings. The van der Waals surface area contributed by atoms with Crippen molar-refractivity contribution in [2.45, 2.75) is 13.0 Å². The Kier molecular flexibility index (Phi) is 3.86. The summed E-state index contributed by atoms with van der Waals surface area (Å²) >= 11 is 6.03. The van der Waals surface area contributed by atoms with Crippen molar-refractivity contribution < 1.29 is 4.79 Å². The summed E-state index contributed by atoms with van der Waals surface area (Å²) in [5.41, 5.74) is 2.98. The average Bonchev–Trinajstić information content (AvgIpc) is 3.09. The van der Waals surface area contributed by atoms with E-state index in [1.807, 2.05) is 61.5 Å². The van der Waals surface area contributed by atoms with Crippen LogP contribution < -0.4 is 5.32 Å². The Morgan fingerprint density at radius 2 is 1.84 bits per heavy atom. The number of benzene rings is 2. The minimum Gasteiger partial charge on any atom is -0.328 e. The molecule has 0 aliphatic carbocycles. The van der Waals surface area contributed by atoms with Crippen LogP contribution in [0.5, 0.6) is 0 Å². The zero-order chi connectivity index (χ0) is 17.4. The van der Waals surface area contributed by atoms with Crippen molar-refractivity contribution >= 4 is 23.3 Å². The van der Waals surface area contributed by atoms with E-state index >= 15 is 0 Å². The fourth-order valence-corrected chi connectivity index (χ4v) is 3.21. The van der Waals surface area contributed by atoms with E-state index < -0.39 is 0 Å². The Morgan fingerprint density at radius 1 is 1.12 bits per heavy atom. The van der Waals surface area contributed by atoms with E-state index in [0.29, 0.717) is 22.1 Å². The number of nitrogens with zero attached hydrogens (tertiary/aromatic N) is 3. The van der Waals surface area contributed by atoms with Gasteiger partial charge in [0.15, 0.2) is 5.78 Å². The maximum absolute atomic E-state index is 13.2. The van der Waals surface area contributed by atoms with Crippen LogP contribution in [0.4, 0.5) is 5.95 Å². The molecule has 124 valence electrons. The van der Waals surface area contributed by atoms with Gasteiger partial charge in [-0.05, 0) is 24.6 Å². The molecule has 1 aliphatic rings. The molecule has 4 rings (SSSR count). The molecular weight excluding hydrogens is 336 g/mol. The summed E-state index contributed by atoms with van der Waals surface area (Å²) < 4.78 is 1.73.